The molecule has 0 saturated carbocycles. The molecule has 0 saturated heterocycles. The van der Waals surface area contributed by atoms with E-state index in [1.54, 1.807) is 35.6 Å². The van der Waals surface area contributed by atoms with Crippen molar-refractivity contribution in [1.29, 1.82) is 0 Å². The van der Waals surface area contributed by atoms with Gasteiger partial charge in [-0.2, -0.15) is 5.10 Å². The van der Waals surface area contributed by atoms with Crippen LogP contribution in [0.3, 0.4) is 0 Å². The number of carbonyl (C=O) groups is 1. The molecule has 142 valence electrons. The number of nitrogens with one attached hydrogen (secondary N) is 2. The van der Waals surface area contributed by atoms with Crippen LogP contribution in [0.2, 0.25) is 5.02 Å². The number of halogens is 1. The summed E-state index contributed by atoms with van der Waals surface area (Å²) in [6, 6.07) is 10.8. The average Bonchev–Trinajstić information content (AvgIpc) is 3.37. The van der Waals surface area contributed by atoms with Crippen LogP contribution in [0.1, 0.15) is 4.88 Å². The van der Waals surface area contributed by atoms with Crippen LogP contribution in [0.4, 0.5) is 0 Å². The highest BCUT2D eigenvalue weighted by molar-refractivity contribution is 7.99. The van der Waals surface area contributed by atoms with Crippen LogP contribution in [0, 0.1) is 0 Å². The molecule has 1 aromatic carbocycles. The maximum Gasteiger partial charge on any atom is 0.269 e. The zero-order valence-corrected chi connectivity index (χ0v) is 16.8. The maximum absolute atomic E-state index is 12.9. The Morgan fingerprint density at radius 1 is 1.29 bits per heavy atom. The molecule has 3 heterocycles. The molecule has 0 spiro atoms. The molecule has 7 nitrogen and oxygen atoms in total. The number of thioether (sulfide) groups is 1. The van der Waals surface area contributed by atoms with Gasteiger partial charge in [-0.1, -0.05) is 29.4 Å². The van der Waals surface area contributed by atoms with Crippen molar-refractivity contribution in [3.63, 3.8) is 0 Å². The first-order valence-electron chi connectivity index (χ1n) is 8.26. The monoisotopic (exact) mass is 431 g/mol. The maximum atomic E-state index is 12.9. The van der Waals surface area contributed by atoms with Gasteiger partial charge in [-0.25, -0.2) is 4.98 Å². The lowest BCUT2D eigenvalue weighted by atomic mass is 10.3. The Kier molecular flexibility index (Phi) is 5.47. The average molecular weight is 432 g/mol. The Morgan fingerprint density at radius 2 is 2.11 bits per heavy atom. The van der Waals surface area contributed by atoms with Gasteiger partial charge in [-0.15, -0.1) is 11.3 Å². The lowest BCUT2D eigenvalue weighted by Crippen LogP contribution is -2.26. The highest BCUT2D eigenvalue weighted by Crippen LogP contribution is 2.21. The molecule has 0 atom stereocenters. The predicted octanol–water partition coefficient (Wildman–Crippen LogP) is 3.23. The van der Waals surface area contributed by atoms with Crippen LogP contribution in [0.15, 0.2) is 57.9 Å². The number of benzene rings is 1. The summed E-state index contributed by atoms with van der Waals surface area (Å²) < 4.78 is 1.46. The summed E-state index contributed by atoms with van der Waals surface area (Å²) in [7, 11) is 0. The number of carbonyl (C=O) groups excluding carboxylic acids is 1. The largest absolute Gasteiger partial charge is 0.350 e. The summed E-state index contributed by atoms with van der Waals surface area (Å²) in [5, 5.41) is 12.8. The molecular formula is C18H14ClN5O2S2. The lowest BCUT2D eigenvalue weighted by Gasteiger charge is -2.12. The third kappa shape index (κ3) is 3.96. The van der Waals surface area contributed by atoms with Gasteiger partial charge in [0.05, 0.1) is 24.2 Å². The Hall–Kier alpha value is -2.62. The molecule has 0 aliphatic heterocycles. The standard InChI is InChI=1S/C18H14ClN5O2S2/c19-11-3-5-12(6-4-11)24-17(26)14-9-21-23-16(14)22-18(24)28-10-15(25)20-8-13-2-1-7-27-13/h1-7,9H,8,10H2,(H,20,25)(H,21,23). The van der Waals surface area contributed by atoms with E-state index in [1.807, 2.05) is 17.5 Å². The molecule has 10 heteroatoms. The lowest BCUT2D eigenvalue weighted by molar-refractivity contribution is -0.118. The SMILES string of the molecule is O=C(CSc1nc2[nH]ncc2c(=O)n1-c1ccc(Cl)cc1)NCc1cccs1. The van der Waals surface area contributed by atoms with E-state index in [2.05, 4.69) is 20.5 Å². The number of nitrogens with zero attached hydrogens (tertiary/aromatic N) is 3. The van der Waals surface area contributed by atoms with Crippen molar-refractivity contribution >= 4 is 51.6 Å². The minimum Gasteiger partial charge on any atom is -0.350 e. The van der Waals surface area contributed by atoms with Crippen LogP contribution in [0.25, 0.3) is 16.7 Å². The van der Waals surface area contributed by atoms with Crippen LogP contribution in [0.5, 0.6) is 0 Å². The van der Waals surface area contributed by atoms with Gasteiger partial charge in [0, 0.05) is 9.90 Å². The quantitative estimate of drug-likeness (QED) is 0.361. The van der Waals surface area contributed by atoms with E-state index in [1.165, 1.54) is 22.5 Å². The topological polar surface area (TPSA) is 92.7 Å². The Morgan fingerprint density at radius 3 is 2.86 bits per heavy atom. The second-order valence-electron chi connectivity index (χ2n) is 5.79. The summed E-state index contributed by atoms with van der Waals surface area (Å²) >= 11 is 8.73. The number of H-pyrrole nitrogens is 1. The number of aromatic nitrogens is 4. The van der Waals surface area contributed by atoms with Crippen molar-refractivity contribution < 1.29 is 4.79 Å². The highest BCUT2D eigenvalue weighted by atomic mass is 35.5. The zero-order chi connectivity index (χ0) is 19.5. The number of thiophene rings is 1. The fourth-order valence-electron chi connectivity index (χ4n) is 2.57. The zero-order valence-electron chi connectivity index (χ0n) is 14.4. The third-order valence-electron chi connectivity index (χ3n) is 3.91. The molecule has 0 radical (unpaired) electrons. The first kappa shape index (κ1) is 18.7. The molecule has 2 N–H and O–H groups in total. The van der Waals surface area contributed by atoms with Crippen LogP contribution in [-0.2, 0) is 11.3 Å². The van der Waals surface area contributed by atoms with Gasteiger partial charge in [0.15, 0.2) is 10.8 Å². The van der Waals surface area contributed by atoms with E-state index in [9.17, 15) is 9.59 Å². The van der Waals surface area contributed by atoms with Crippen molar-refractivity contribution in [2.24, 2.45) is 0 Å². The molecular weight excluding hydrogens is 418 g/mol. The molecule has 0 fully saturated rings. The van der Waals surface area contributed by atoms with Gasteiger partial charge < -0.3 is 5.32 Å². The van der Waals surface area contributed by atoms with Gasteiger partial charge >= 0.3 is 0 Å². The summed E-state index contributed by atoms with van der Waals surface area (Å²) in [6.07, 6.45) is 1.44. The molecule has 4 rings (SSSR count). The summed E-state index contributed by atoms with van der Waals surface area (Å²) in [5.41, 5.74) is 0.741. The molecule has 4 aromatic rings. The van der Waals surface area contributed by atoms with Crippen LogP contribution < -0.4 is 10.9 Å². The molecule has 0 unspecified atom stereocenters. The first-order chi connectivity index (χ1) is 13.6. The number of amides is 1. The second-order valence-corrected chi connectivity index (χ2v) is 8.20. The van der Waals surface area contributed by atoms with Crippen molar-refractivity contribution in [1.82, 2.24) is 25.1 Å². The van der Waals surface area contributed by atoms with Gasteiger partial charge in [0.25, 0.3) is 5.56 Å². The Labute approximate surface area is 172 Å². The number of hydrogen-bond donors (Lipinski definition) is 2. The van der Waals surface area contributed by atoms with E-state index in [4.69, 9.17) is 11.6 Å². The fraction of sp³-hybridized carbons (Fsp3) is 0.111. The number of hydrogen-bond acceptors (Lipinski definition) is 6. The van der Waals surface area contributed by atoms with Crippen LogP contribution in [-0.4, -0.2) is 31.4 Å². The third-order valence-corrected chi connectivity index (χ3v) is 5.98. The first-order valence-corrected chi connectivity index (χ1v) is 10.5. The van der Waals surface area contributed by atoms with Gasteiger partial charge in [0.1, 0.15) is 5.39 Å². The van der Waals surface area contributed by atoms with Crippen molar-refractivity contribution in [2.45, 2.75) is 11.7 Å². The normalized spacial score (nSPS) is 11.0. The van der Waals surface area contributed by atoms with Gasteiger partial charge in [0.2, 0.25) is 5.91 Å². The Bertz CT molecular complexity index is 1170. The van der Waals surface area contributed by atoms with E-state index in [-0.39, 0.29) is 17.2 Å². The molecule has 1 amide bonds. The number of aromatic amines is 1. The summed E-state index contributed by atoms with van der Waals surface area (Å²) in [6.45, 7) is 0.480. The molecule has 28 heavy (non-hydrogen) atoms. The fourth-order valence-corrected chi connectivity index (χ4v) is 4.17. The molecule has 0 bridgehead atoms. The van der Waals surface area contributed by atoms with Crippen molar-refractivity contribution in [3.8, 4) is 5.69 Å². The molecule has 0 aliphatic rings. The Balaban J connectivity index is 1.60. The number of rotatable bonds is 6. The minimum atomic E-state index is -0.262. The summed E-state index contributed by atoms with van der Waals surface area (Å²) in [4.78, 5) is 30.7. The second kappa shape index (κ2) is 8.17. The predicted molar refractivity (Wildman–Crippen MR) is 111 cm³/mol. The minimum absolute atomic E-state index is 0.130. The number of fused-ring (bicyclic) bond motifs is 1. The van der Waals surface area contributed by atoms with Crippen molar-refractivity contribution in [2.75, 3.05) is 5.75 Å². The van der Waals surface area contributed by atoms with E-state index in [0.29, 0.717) is 33.4 Å². The molecule has 3 aromatic heterocycles. The molecule has 0 aliphatic carbocycles. The van der Waals surface area contributed by atoms with Gasteiger partial charge in [-0.05, 0) is 35.7 Å². The van der Waals surface area contributed by atoms with E-state index >= 15 is 0 Å². The van der Waals surface area contributed by atoms with E-state index < -0.39 is 0 Å². The van der Waals surface area contributed by atoms with E-state index in [0.717, 1.165) is 4.88 Å². The van der Waals surface area contributed by atoms with Crippen molar-refractivity contribution in [3.05, 3.63) is 68.2 Å². The van der Waals surface area contributed by atoms with Gasteiger partial charge in [-0.3, -0.25) is 19.3 Å². The summed E-state index contributed by atoms with van der Waals surface area (Å²) in [5.74, 6) is -0.00887. The smallest absolute Gasteiger partial charge is 0.269 e. The van der Waals surface area contributed by atoms with Crippen LogP contribution >= 0.6 is 34.7 Å². The highest BCUT2D eigenvalue weighted by Gasteiger charge is 2.16.